The van der Waals surface area contributed by atoms with E-state index in [0.717, 1.165) is 5.69 Å². The van der Waals surface area contributed by atoms with Gasteiger partial charge in [-0.15, -0.1) is 0 Å². The maximum absolute atomic E-state index is 2.48. The fourth-order valence-electron chi connectivity index (χ4n) is 10.0. The Balaban J connectivity index is 1.10. The highest BCUT2D eigenvalue weighted by Gasteiger charge is 2.46. The minimum atomic E-state index is -0.460. The average molecular weight is 725 g/mol. The van der Waals surface area contributed by atoms with Gasteiger partial charge in [-0.25, -0.2) is 0 Å². The molecule has 1 aliphatic carbocycles. The van der Waals surface area contributed by atoms with Gasteiger partial charge in [0.1, 0.15) is 0 Å². The molecule has 2 nitrogen and oxygen atoms in total. The molecular weight excluding hydrogens is 689 g/mol. The van der Waals surface area contributed by atoms with Crippen LogP contribution in [0.4, 0.5) is 0 Å². The molecule has 2 heterocycles. The Bertz CT molecular complexity index is 3290. The molecule has 0 bridgehead atoms. The molecule has 0 saturated heterocycles. The van der Waals surface area contributed by atoms with Crippen LogP contribution in [-0.2, 0) is 5.41 Å². The summed E-state index contributed by atoms with van der Waals surface area (Å²) in [5.41, 5.74) is 16.9. The van der Waals surface area contributed by atoms with Crippen molar-refractivity contribution in [2.24, 2.45) is 0 Å². The molecule has 2 aromatic heterocycles. The number of aromatic nitrogens is 2. The van der Waals surface area contributed by atoms with Crippen LogP contribution in [0.5, 0.6) is 0 Å². The molecule has 0 saturated carbocycles. The minimum Gasteiger partial charge on any atom is -0.309 e. The fourth-order valence-corrected chi connectivity index (χ4v) is 10.0. The maximum Gasteiger partial charge on any atom is 0.0713 e. The lowest BCUT2D eigenvalue weighted by atomic mass is 9.67. The number of benzene rings is 9. The van der Waals surface area contributed by atoms with E-state index in [-0.39, 0.29) is 0 Å². The van der Waals surface area contributed by atoms with Crippen molar-refractivity contribution in [3.8, 4) is 33.6 Å². The van der Waals surface area contributed by atoms with Gasteiger partial charge in [-0.05, 0) is 105 Å². The third-order valence-electron chi connectivity index (χ3n) is 12.4. The van der Waals surface area contributed by atoms with E-state index in [9.17, 15) is 0 Å². The number of nitrogens with zero attached hydrogens (tertiary/aromatic N) is 2. The number of hydrogen-bond acceptors (Lipinski definition) is 0. The molecule has 0 unspecified atom stereocenters. The lowest BCUT2D eigenvalue weighted by molar-refractivity contribution is 0.770. The second kappa shape index (κ2) is 12.3. The first-order chi connectivity index (χ1) is 28.3. The lowest BCUT2D eigenvalue weighted by Crippen LogP contribution is -2.28. The van der Waals surface area contributed by atoms with Gasteiger partial charge in [0, 0.05) is 32.9 Å². The molecule has 57 heavy (non-hydrogen) atoms. The predicted octanol–water partition coefficient (Wildman–Crippen LogP) is 13.9. The Morgan fingerprint density at radius 3 is 1.44 bits per heavy atom. The van der Waals surface area contributed by atoms with Crippen molar-refractivity contribution in [2.45, 2.75) is 5.41 Å². The van der Waals surface area contributed by atoms with Gasteiger partial charge in [-0.3, -0.25) is 0 Å². The first kappa shape index (κ1) is 31.9. The van der Waals surface area contributed by atoms with E-state index in [1.807, 2.05) is 0 Å². The van der Waals surface area contributed by atoms with Gasteiger partial charge < -0.3 is 9.13 Å². The summed E-state index contributed by atoms with van der Waals surface area (Å²) in [6.45, 7) is 0. The highest BCUT2D eigenvalue weighted by molar-refractivity contribution is 6.13. The summed E-state index contributed by atoms with van der Waals surface area (Å²) in [6, 6.07) is 80.5. The molecule has 266 valence electrons. The number of para-hydroxylation sites is 3. The summed E-state index contributed by atoms with van der Waals surface area (Å²) in [6.07, 6.45) is 0. The molecule has 1 aliphatic rings. The summed E-state index contributed by atoms with van der Waals surface area (Å²) in [4.78, 5) is 0. The van der Waals surface area contributed by atoms with E-state index < -0.39 is 5.41 Å². The van der Waals surface area contributed by atoms with Crippen LogP contribution in [0.2, 0.25) is 0 Å². The van der Waals surface area contributed by atoms with Gasteiger partial charge in [0.2, 0.25) is 0 Å². The molecule has 0 atom stereocenters. The minimum absolute atomic E-state index is 0.460. The third-order valence-corrected chi connectivity index (χ3v) is 12.4. The average Bonchev–Trinajstić information content (AvgIpc) is 3.91. The summed E-state index contributed by atoms with van der Waals surface area (Å²) >= 11 is 0. The van der Waals surface area contributed by atoms with Crippen molar-refractivity contribution in [3.63, 3.8) is 0 Å². The fraction of sp³-hybridized carbons (Fsp3) is 0.0182. The summed E-state index contributed by atoms with van der Waals surface area (Å²) in [5, 5.41) is 5.00. The quantitative estimate of drug-likeness (QED) is 0.167. The standard InChI is InChI=1S/C55H36N2/c1-4-16-39(17-5-1)55(49-25-13-10-22-43(49)44-23-11-14-26-50(44)55)40-30-33-53-48(36-40)46-31-28-38(35-54(46)57(53)42-20-8-3-9-21-42)37-29-32-52-47(34-37)45-24-12-15-27-51(45)56(52)41-18-6-2-7-19-41/h1-36H. The van der Waals surface area contributed by atoms with E-state index in [4.69, 9.17) is 0 Å². The molecule has 0 amide bonds. The van der Waals surface area contributed by atoms with Gasteiger partial charge in [-0.2, -0.15) is 0 Å². The van der Waals surface area contributed by atoms with Crippen molar-refractivity contribution in [1.29, 1.82) is 0 Å². The number of hydrogen-bond donors (Lipinski definition) is 0. The highest BCUT2D eigenvalue weighted by Crippen LogP contribution is 2.56. The van der Waals surface area contributed by atoms with E-state index in [2.05, 4.69) is 228 Å². The second-order valence-corrected chi connectivity index (χ2v) is 15.3. The second-order valence-electron chi connectivity index (χ2n) is 15.3. The van der Waals surface area contributed by atoms with E-state index in [1.54, 1.807) is 0 Å². The van der Waals surface area contributed by atoms with E-state index in [1.165, 1.54) is 93.8 Å². The molecular formula is C55H36N2. The largest absolute Gasteiger partial charge is 0.309 e. The van der Waals surface area contributed by atoms with Gasteiger partial charge in [-0.1, -0.05) is 158 Å². The molecule has 0 spiro atoms. The number of fused-ring (bicyclic) bond motifs is 9. The van der Waals surface area contributed by atoms with Crippen LogP contribution >= 0.6 is 0 Å². The predicted molar refractivity (Wildman–Crippen MR) is 238 cm³/mol. The van der Waals surface area contributed by atoms with E-state index in [0.29, 0.717) is 0 Å². The zero-order valence-electron chi connectivity index (χ0n) is 31.2. The van der Waals surface area contributed by atoms with Crippen molar-refractivity contribution in [3.05, 3.63) is 241 Å². The monoisotopic (exact) mass is 724 g/mol. The smallest absolute Gasteiger partial charge is 0.0713 e. The molecule has 0 fully saturated rings. The first-order valence-electron chi connectivity index (χ1n) is 19.8. The molecule has 0 aliphatic heterocycles. The Labute approximate surface area is 331 Å². The van der Waals surface area contributed by atoms with Crippen LogP contribution in [0.3, 0.4) is 0 Å². The van der Waals surface area contributed by atoms with Gasteiger partial charge in [0.15, 0.2) is 0 Å². The van der Waals surface area contributed by atoms with Crippen LogP contribution in [0.15, 0.2) is 218 Å². The topological polar surface area (TPSA) is 9.86 Å². The van der Waals surface area contributed by atoms with Gasteiger partial charge in [0.05, 0.1) is 27.5 Å². The zero-order chi connectivity index (χ0) is 37.5. The van der Waals surface area contributed by atoms with Crippen molar-refractivity contribution in [1.82, 2.24) is 9.13 Å². The molecule has 2 heteroatoms. The van der Waals surface area contributed by atoms with Crippen LogP contribution in [0.25, 0.3) is 77.2 Å². The molecule has 12 rings (SSSR count). The Hall–Kier alpha value is -7.42. The van der Waals surface area contributed by atoms with Crippen LogP contribution in [0.1, 0.15) is 22.3 Å². The Morgan fingerprint density at radius 2 is 0.754 bits per heavy atom. The summed E-state index contributed by atoms with van der Waals surface area (Å²) < 4.78 is 4.83. The SMILES string of the molecule is c1ccc(-n2c3ccccc3c3cc(-c4ccc5c6cc(C7(c8ccccc8)c8ccccc8-c8ccccc87)ccc6n(-c6ccccc6)c5c4)ccc32)cc1. The van der Waals surface area contributed by atoms with Gasteiger partial charge in [0.25, 0.3) is 0 Å². The zero-order valence-corrected chi connectivity index (χ0v) is 31.2. The van der Waals surface area contributed by atoms with Crippen molar-refractivity contribution in [2.75, 3.05) is 0 Å². The van der Waals surface area contributed by atoms with Crippen molar-refractivity contribution >= 4 is 43.6 Å². The van der Waals surface area contributed by atoms with Crippen molar-refractivity contribution < 1.29 is 0 Å². The first-order valence-corrected chi connectivity index (χ1v) is 19.8. The van der Waals surface area contributed by atoms with Crippen LogP contribution < -0.4 is 0 Å². The highest BCUT2D eigenvalue weighted by atomic mass is 15.0. The molecule has 0 N–H and O–H groups in total. The Kier molecular flexibility index (Phi) is 6.88. The Morgan fingerprint density at radius 1 is 0.281 bits per heavy atom. The normalized spacial score (nSPS) is 13.1. The molecule has 9 aromatic carbocycles. The summed E-state index contributed by atoms with van der Waals surface area (Å²) in [7, 11) is 0. The molecule has 0 radical (unpaired) electrons. The van der Waals surface area contributed by atoms with Crippen LogP contribution in [-0.4, -0.2) is 9.13 Å². The lowest BCUT2D eigenvalue weighted by Gasteiger charge is -2.34. The summed E-state index contributed by atoms with van der Waals surface area (Å²) in [5.74, 6) is 0. The molecule has 11 aromatic rings. The van der Waals surface area contributed by atoms with Gasteiger partial charge >= 0.3 is 0 Å². The number of rotatable bonds is 5. The maximum atomic E-state index is 2.48. The third kappa shape index (κ3) is 4.53. The van der Waals surface area contributed by atoms with Crippen LogP contribution in [0, 0.1) is 0 Å². The van der Waals surface area contributed by atoms with E-state index >= 15 is 0 Å².